The first-order valence-corrected chi connectivity index (χ1v) is 4.53. The average Bonchev–Trinajstić information content (AvgIpc) is 2.35. The van der Waals surface area contributed by atoms with Gasteiger partial charge in [-0.3, -0.25) is 4.98 Å². The van der Waals surface area contributed by atoms with E-state index in [9.17, 15) is 4.91 Å². The van der Waals surface area contributed by atoms with Crippen LogP contribution in [-0.2, 0) is 0 Å². The quantitative estimate of drug-likeness (QED) is 0.476. The molecule has 0 unspecified atom stereocenters. The molecule has 1 aromatic heterocycles. The zero-order valence-corrected chi connectivity index (χ0v) is 8.48. The SMILES string of the molecule is Nc1ccc(ON=O)cc1.c1ccncc1. The Labute approximate surface area is 92.8 Å². The van der Waals surface area contributed by atoms with Crippen molar-refractivity contribution in [2.24, 2.45) is 5.34 Å². The van der Waals surface area contributed by atoms with Crippen molar-refractivity contribution < 1.29 is 4.84 Å². The lowest BCUT2D eigenvalue weighted by molar-refractivity contribution is 0.335. The van der Waals surface area contributed by atoms with Gasteiger partial charge in [-0.2, -0.15) is 0 Å². The highest BCUT2D eigenvalue weighted by atomic mass is 16.7. The van der Waals surface area contributed by atoms with E-state index in [0.717, 1.165) is 0 Å². The number of aromatic nitrogens is 1. The van der Waals surface area contributed by atoms with Crippen molar-refractivity contribution in [1.29, 1.82) is 0 Å². The van der Waals surface area contributed by atoms with Crippen LogP contribution in [0.5, 0.6) is 5.75 Å². The number of rotatable bonds is 2. The van der Waals surface area contributed by atoms with Gasteiger partial charge in [0.25, 0.3) is 0 Å². The predicted octanol–water partition coefficient (Wildman–Crippen LogP) is 2.41. The fraction of sp³-hybridized carbons (Fsp3) is 0. The maximum absolute atomic E-state index is 9.56. The van der Waals surface area contributed by atoms with Crippen LogP contribution in [0.4, 0.5) is 5.69 Å². The van der Waals surface area contributed by atoms with Gasteiger partial charge < -0.3 is 10.6 Å². The van der Waals surface area contributed by atoms with E-state index in [1.165, 1.54) is 0 Å². The average molecular weight is 217 g/mol. The minimum Gasteiger partial charge on any atom is -0.399 e. The van der Waals surface area contributed by atoms with Gasteiger partial charge in [-0.1, -0.05) is 6.07 Å². The van der Waals surface area contributed by atoms with Gasteiger partial charge >= 0.3 is 0 Å². The molecule has 0 saturated carbocycles. The molecule has 0 fully saturated rings. The van der Waals surface area contributed by atoms with Crippen LogP contribution < -0.4 is 10.6 Å². The molecule has 0 aliphatic carbocycles. The summed E-state index contributed by atoms with van der Waals surface area (Å²) < 4.78 is 0. The molecule has 2 aromatic rings. The standard InChI is InChI=1S/C6H6N2O2.C5H5N/c7-5-1-3-6(4-2-5)10-8-9;1-2-4-6-5-3-1/h1-4H,7H2;1-5H. The highest BCUT2D eigenvalue weighted by Gasteiger charge is 1.90. The van der Waals surface area contributed by atoms with Crippen molar-refractivity contribution in [2.75, 3.05) is 5.73 Å². The maximum Gasteiger partial charge on any atom is 0.161 e. The topological polar surface area (TPSA) is 77.6 Å². The molecular weight excluding hydrogens is 206 g/mol. The molecule has 0 aliphatic heterocycles. The summed E-state index contributed by atoms with van der Waals surface area (Å²) in [5, 5.41) is 2.24. The number of pyridine rings is 1. The van der Waals surface area contributed by atoms with Crippen LogP contribution in [0.2, 0.25) is 0 Å². The third kappa shape index (κ3) is 4.71. The zero-order chi connectivity index (χ0) is 11.6. The van der Waals surface area contributed by atoms with Gasteiger partial charge in [0.05, 0.1) is 0 Å². The van der Waals surface area contributed by atoms with Crippen LogP contribution in [0, 0.1) is 4.91 Å². The summed E-state index contributed by atoms with van der Waals surface area (Å²) in [7, 11) is 0. The summed E-state index contributed by atoms with van der Waals surface area (Å²) in [5.41, 5.74) is 5.98. The van der Waals surface area contributed by atoms with Crippen LogP contribution in [-0.4, -0.2) is 4.98 Å². The highest BCUT2D eigenvalue weighted by Crippen LogP contribution is 2.12. The number of anilines is 1. The van der Waals surface area contributed by atoms with Gasteiger partial charge in [0.15, 0.2) is 11.1 Å². The lowest BCUT2D eigenvalue weighted by Gasteiger charge is -1.93. The molecule has 0 aliphatic rings. The van der Waals surface area contributed by atoms with Crippen molar-refractivity contribution in [1.82, 2.24) is 4.98 Å². The molecule has 1 aromatic carbocycles. The van der Waals surface area contributed by atoms with E-state index in [4.69, 9.17) is 5.73 Å². The maximum atomic E-state index is 9.56. The van der Waals surface area contributed by atoms with Crippen LogP contribution in [0.15, 0.2) is 60.2 Å². The molecule has 2 rings (SSSR count). The highest BCUT2D eigenvalue weighted by molar-refractivity contribution is 5.41. The van der Waals surface area contributed by atoms with E-state index in [0.29, 0.717) is 11.4 Å². The Morgan fingerprint density at radius 1 is 1.06 bits per heavy atom. The molecule has 0 saturated heterocycles. The van der Waals surface area contributed by atoms with E-state index < -0.39 is 0 Å². The van der Waals surface area contributed by atoms with E-state index in [-0.39, 0.29) is 0 Å². The Balaban J connectivity index is 0.000000181. The monoisotopic (exact) mass is 217 g/mol. The number of nitrogen functional groups attached to an aromatic ring is 1. The largest absolute Gasteiger partial charge is 0.399 e. The van der Waals surface area contributed by atoms with Crippen molar-refractivity contribution in [3.63, 3.8) is 0 Å². The van der Waals surface area contributed by atoms with Gasteiger partial charge in [-0.05, 0) is 36.4 Å². The fourth-order valence-corrected chi connectivity index (χ4v) is 0.884. The Bertz CT molecular complexity index is 377. The predicted molar refractivity (Wildman–Crippen MR) is 61.5 cm³/mol. The fourth-order valence-electron chi connectivity index (χ4n) is 0.884. The number of hydrogen-bond acceptors (Lipinski definition) is 5. The van der Waals surface area contributed by atoms with Gasteiger partial charge in [-0.25, -0.2) is 0 Å². The van der Waals surface area contributed by atoms with Crippen molar-refractivity contribution in [3.05, 3.63) is 59.8 Å². The molecule has 0 spiro atoms. The summed E-state index contributed by atoms with van der Waals surface area (Å²) in [4.78, 5) is 17.6. The normalized spacial score (nSPS) is 8.50. The Morgan fingerprint density at radius 3 is 2.06 bits per heavy atom. The van der Waals surface area contributed by atoms with Gasteiger partial charge in [0.1, 0.15) is 0 Å². The molecule has 82 valence electrons. The summed E-state index contributed by atoms with van der Waals surface area (Å²) in [6.45, 7) is 0. The molecule has 5 nitrogen and oxygen atoms in total. The third-order valence-corrected chi connectivity index (χ3v) is 1.59. The zero-order valence-electron chi connectivity index (χ0n) is 8.48. The number of nitrogens with two attached hydrogens (primary N) is 1. The number of hydrogen-bond donors (Lipinski definition) is 1. The summed E-state index contributed by atoms with van der Waals surface area (Å²) >= 11 is 0. The number of benzene rings is 1. The van der Waals surface area contributed by atoms with Crippen LogP contribution in [0.3, 0.4) is 0 Å². The Kier molecular flexibility index (Phi) is 5.05. The minimum absolute atomic E-state index is 0.393. The van der Waals surface area contributed by atoms with Crippen LogP contribution >= 0.6 is 0 Å². The van der Waals surface area contributed by atoms with Gasteiger partial charge in [0, 0.05) is 18.1 Å². The molecule has 0 bridgehead atoms. The molecule has 2 N–H and O–H groups in total. The lowest BCUT2D eigenvalue weighted by atomic mass is 10.3. The molecule has 5 heteroatoms. The van der Waals surface area contributed by atoms with Crippen molar-refractivity contribution in [3.8, 4) is 5.75 Å². The lowest BCUT2D eigenvalue weighted by Crippen LogP contribution is -1.84. The summed E-state index contributed by atoms with van der Waals surface area (Å²) in [6.07, 6.45) is 3.50. The first kappa shape index (κ1) is 11.6. The van der Waals surface area contributed by atoms with Crippen molar-refractivity contribution in [2.45, 2.75) is 0 Å². The first-order valence-electron chi connectivity index (χ1n) is 4.53. The summed E-state index contributed by atoms with van der Waals surface area (Å²) in [6, 6.07) is 12.1. The van der Waals surface area contributed by atoms with Crippen LogP contribution in [0.25, 0.3) is 0 Å². The third-order valence-electron chi connectivity index (χ3n) is 1.59. The first-order chi connectivity index (χ1) is 7.83. The van der Waals surface area contributed by atoms with E-state index >= 15 is 0 Å². The Morgan fingerprint density at radius 2 is 1.69 bits per heavy atom. The van der Waals surface area contributed by atoms with Gasteiger partial charge in [0.2, 0.25) is 0 Å². The Hall–Kier alpha value is -2.43. The van der Waals surface area contributed by atoms with E-state index in [2.05, 4.69) is 15.2 Å². The molecule has 1 heterocycles. The second-order valence-electron chi connectivity index (χ2n) is 2.76. The van der Waals surface area contributed by atoms with Crippen LogP contribution in [0.1, 0.15) is 0 Å². The smallest absolute Gasteiger partial charge is 0.161 e. The van der Waals surface area contributed by atoms with E-state index in [1.807, 2.05) is 18.2 Å². The molecule has 0 amide bonds. The van der Waals surface area contributed by atoms with Crippen molar-refractivity contribution >= 4 is 5.69 Å². The second kappa shape index (κ2) is 6.94. The molecular formula is C11H11N3O2. The molecule has 16 heavy (non-hydrogen) atoms. The second-order valence-corrected chi connectivity index (χ2v) is 2.76. The molecule has 0 radical (unpaired) electrons. The minimum atomic E-state index is 0.393. The number of nitrogens with zero attached hydrogens (tertiary/aromatic N) is 2. The van der Waals surface area contributed by atoms with Gasteiger partial charge in [-0.15, -0.1) is 4.91 Å². The molecule has 0 atom stereocenters. The summed E-state index contributed by atoms with van der Waals surface area (Å²) in [5.74, 6) is 0.393. The van der Waals surface area contributed by atoms with E-state index in [1.54, 1.807) is 36.7 Å².